The molecule has 0 bridgehead atoms. The Hall–Kier alpha value is -3.41. The second kappa shape index (κ2) is 8.80. The Morgan fingerprint density at radius 3 is 2.48 bits per heavy atom. The second-order valence-corrected chi connectivity index (χ2v) is 5.96. The van der Waals surface area contributed by atoms with E-state index in [9.17, 15) is 4.79 Å². The van der Waals surface area contributed by atoms with Gasteiger partial charge in [0, 0.05) is 17.8 Å². The molecule has 0 atom stereocenters. The summed E-state index contributed by atoms with van der Waals surface area (Å²) in [4.78, 5) is 20.7. The predicted molar refractivity (Wildman–Crippen MR) is 105 cm³/mol. The molecular weight excluding hydrogens is 340 g/mol. The smallest absolute Gasteiger partial charge is 0.271 e. The summed E-state index contributed by atoms with van der Waals surface area (Å²) >= 11 is 0. The van der Waals surface area contributed by atoms with Gasteiger partial charge in [-0.2, -0.15) is 0 Å². The van der Waals surface area contributed by atoms with Crippen molar-refractivity contribution >= 4 is 17.4 Å². The molecular formula is C21H22N4O2. The fraction of sp³-hybridized carbons (Fsp3) is 0.190. The topological polar surface area (TPSA) is 76.1 Å². The molecule has 0 saturated heterocycles. The molecule has 3 rings (SSSR count). The van der Waals surface area contributed by atoms with Gasteiger partial charge in [-0.1, -0.05) is 37.3 Å². The fourth-order valence-electron chi connectivity index (χ4n) is 2.60. The Labute approximate surface area is 158 Å². The van der Waals surface area contributed by atoms with Crippen molar-refractivity contribution < 1.29 is 9.53 Å². The average Bonchev–Trinajstić information content (AvgIpc) is 2.73. The van der Waals surface area contributed by atoms with Gasteiger partial charge in [0.15, 0.2) is 0 Å². The van der Waals surface area contributed by atoms with Crippen molar-refractivity contribution in [1.82, 2.24) is 15.3 Å². The Morgan fingerprint density at radius 1 is 1.04 bits per heavy atom. The Morgan fingerprint density at radius 2 is 1.81 bits per heavy atom. The SMILES string of the molecule is CCc1ccc(Nc2cnc(C(=O)NCc3ccccc3OC)cn2)cc1. The van der Waals surface area contributed by atoms with E-state index in [-0.39, 0.29) is 11.6 Å². The molecule has 0 aliphatic rings. The van der Waals surface area contributed by atoms with E-state index in [1.54, 1.807) is 13.3 Å². The number of carbonyl (C=O) groups is 1. The number of amides is 1. The lowest BCUT2D eigenvalue weighted by atomic mass is 10.1. The molecule has 27 heavy (non-hydrogen) atoms. The predicted octanol–water partition coefficient (Wildman–Crippen LogP) is 3.72. The maximum Gasteiger partial charge on any atom is 0.271 e. The summed E-state index contributed by atoms with van der Waals surface area (Å²) in [6.07, 6.45) is 4.00. The van der Waals surface area contributed by atoms with Crippen molar-refractivity contribution in [2.45, 2.75) is 19.9 Å². The second-order valence-electron chi connectivity index (χ2n) is 5.96. The van der Waals surface area contributed by atoms with Crippen LogP contribution in [0.5, 0.6) is 5.75 Å². The summed E-state index contributed by atoms with van der Waals surface area (Å²) in [5, 5.41) is 6.00. The number of ether oxygens (including phenoxy) is 1. The number of methoxy groups -OCH3 is 1. The van der Waals surface area contributed by atoms with E-state index < -0.39 is 0 Å². The Bertz CT molecular complexity index is 893. The van der Waals surface area contributed by atoms with Gasteiger partial charge < -0.3 is 15.4 Å². The van der Waals surface area contributed by atoms with E-state index >= 15 is 0 Å². The van der Waals surface area contributed by atoms with Gasteiger partial charge in [0.1, 0.15) is 17.3 Å². The number of aryl methyl sites for hydroxylation is 1. The van der Waals surface area contributed by atoms with E-state index in [0.29, 0.717) is 12.4 Å². The largest absolute Gasteiger partial charge is 0.496 e. The lowest BCUT2D eigenvalue weighted by Crippen LogP contribution is -2.24. The number of rotatable bonds is 7. The molecule has 0 aliphatic heterocycles. The molecule has 1 amide bonds. The van der Waals surface area contributed by atoms with Gasteiger partial charge in [-0.15, -0.1) is 0 Å². The normalized spacial score (nSPS) is 10.3. The van der Waals surface area contributed by atoms with Crippen LogP contribution in [0.25, 0.3) is 0 Å². The van der Waals surface area contributed by atoms with Crippen LogP contribution in [0.3, 0.4) is 0 Å². The Kier molecular flexibility index (Phi) is 5.99. The first-order valence-corrected chi connectivity index (χ1v) is 8.77. The van der Waals surface area contributed by atoms with Gasteiger partial charge in [0.05, 0.1) is 19.5 Å². The molecule has 0 radical (unpaired) electrons. The highest BCUT2D eigenvalue weighted by atomic mass is 16.5. The first-order chi connectivity index (χ1) is 13.2. The van der Waals surface area contributed by atoms with Crippen molar-refractivity contribution in [1.29, 1.82) is 0 Å². The summed E-state index contributed by atoms with van der Waals surface area (Å²) in [5.41, 5.74) is 3.36. The molecule has 0 unspecified atom stereocenters. The monoisotopic (exact) mass is 362 g/mol. The van der Waals surface area contributed by atoms with E-state index in [1.807, 2.05) is 36.4 Å². The standard InChI is InChI=1S/C21H22N4O2/c1-3-15-8-10-17(11-9-15)25-20-14-22-18(13-23-20)21(26)24-12-16-6-4-5-7-19(16)27-2/h4-11,13-14H,3,12H2,1-2H3,(H,23,25)(H,24,26). The van der Waals surface area contributed by atoms with Crippen LogP contribution in [0.1, 0.15) is 28.5 Å². The van der Waals surface area contributed by atoms with Crippen LogP contribution in [-0.2, 0) is 13.0 Å². The molecule has 0 aliphatic carbocycles. The van der Waals surface area contributed by atoms with Crippen LogP contribution in [0.2, 0.25) is 0 Å². The maximum absolute atomic E-state index is 12.3. The van der Waals surface area contributed by atoms with Crippen LogP contribution in [0, 0.1) is 0 Å². The molecule has 138 valence electrons. The third kappa shape index (κ3) is 4.82. The number of nitrogens with one attached hydrogen (secondary N) is 2. The van der Waals surface area contributed by atoms with Crippen molar-refractivity contribution in [3.05, 3.63) is 77.7 Å². The van der Waals surface area contributed by atoms with Gasteiger partial charge in [0.25, 0.3) is 5.91 Å². The lowest BCUT2D eigenvalue weighted by molar-refractivity contribution is 0.0945. The van der Waals surface area contributed by atoms with Crippen molar-refractivity contribution in [2.24, 2.45) is 0 Å². The number of nitrogens with zero attached hydrogens (tertiary/aromatic N) is 2. The zero-order valence-corrected chi connectivity index (χ0v) is 15.4. The average molecular weight is 362 g/mol. The highest BCUT2D eigenvalue weighted by Crippen LogP contribution is 2.17. The van der Waals surface area contributed by atoms with Crippen LogP contribution in [0.15, 0.2) is 60.9 Å². The molecule has 6 nitrogen and oxygen atoms in total. The van der Waals surface area contributed by atoms with Crippen molar-refractivity contribution in [3.8, 4) is 5.75 Å². The third-order valence-electron chi connectivity index (χ3n) is 4.15. The molecule has 2 aromatic carbocycles. The molecule has 0 saturated carbocycles. The molecule has 6 heteroatoms. The summed E-state index contributed by atoms with van der Waals surface area (Å²) < 4.78 is 5.28. The minimum absolute atomic E-state index is 0.261. The first kappa shape index (κ1) is 18.4. The minimum Gasteiger partial charge on any atom is -0.496 e. The quantitative estimate of drug-likeness (QED) is 0.670. The van der Waals surface area contributed by atoms with E-state index in [4.69, 9.17) is 4.74 Å². The van der Waals surface area contributed by atoms with Gasteiger partial charge >= 0.3 is 0 Å². The maximum atomic E-state index is 12.3. The summed E-state index contributed by atoms with van der Waals surface area (Å²) in [7, 11) is 1.60. The fourth-order valence-corrected chi connectivity index (χ4v) is 2.60. The van der Waals surface area contributed by atoms with Gasteiger partial charge in [0.2, 0.25) is 0 Å². The van der Waals surface area contributed by atoms with Crippen molar-refractivity contribution in [2.75, 3.05) is 12.4 Å². The summed E-state index contributed by atoms with van der Waals surface area (Å²) in [6.45, 7) is 2.47. The van der Waals surface area contributed by atoms with E-state index in [2.05, 4.69) is 39.7 Å². The lowest BCUT2D eigenvalue weighted by Gasteiger charge is -2.09. The number of hydrogen-bond donors (Lipinski definition) is 2. The molecule has 0 fully saturated rings. The zero-order valence-electron chi connectivity index (χ0n) is 15.4. The van der Waals surface area contributed by atoms with Crippen LogP contribution >= 0.6 is 0 Å². The molecule has 2 N–H and O–H groups in total. The number of aromatic nitrogens is 2. The first-order valence-electron chi connectivity index (χ1n) is 8.77. The highest BCUT2D eigenvalue weighted by Gasteiger charge is 2.09. The summed E-state index contributed by atoms with van der Waals surface area (Å²) in [6, 6.07) is 15.7. The van der Waals surface area contributed by atoms with Crippen LogP contribution in [-0.4, -0.2) is 23.0 Å². The number of benzene rings is 2. The van der Waals surface area contributed by atoms with Crippen molar-refractivity contribution in [3.63, 3.8) is 0 Å². The molecule has 3 aromatic rings. The van der Waals surface area contributed by atoms with Gasteiger partial charge in [-0.25, -0.2) is 9.97 Å². The van der Waals surface area contributed by atoms with Gasteiger partial charge in [-0.3, -0.25) is 4.79 Å². The zero-order chi connectivity index (χ0) is 19.1. The third-order valence-corrected chi connectivity index (χ3v) is 4.15. The number of hydrogen-bond acceptors (Lipinski definition) is 5. The van der Waals surface area contributed by atoms with E-state index in [0.717, 1.165) is 23.4 Å². The van der Waals surface area contributed by atoms with Crippen LogP contribution < -0.4 is 15.4 Å². The summed E-state index contributed by atoms with van der Waals surface area (Å²) in [5.74, 6) is 1.03. The number of para-hydroxylation sites is 1. The van der Waals surface area contributed by atoms with Crippen LogP contribution in [0.4, 0.5) is 11.5 Å². The molecule has 1 aromatic heterocycles. The molecule has 1 heterocycles. The van der Waals surface area contributed by atoms with Gasteiger partial charge in [-0.05, 0) is 30.2 Å². The molecule has 0 spiro atoms. The van der Waals surface area contributed by atoms with E-state index in [1.165, 1.54) is 11.8 Å². The number of anilines is 2. The minimum atomic E-state index is -0.285. The number of carbonyl (C=O) groups excluding carboxylic acids is 1. The Balaban J connectivity index is 1.59. The highest BCUT2D eigenvalue weighted by molar-refractivity contribution is 5.92.